The number of thiazole rings is 1. The van der Waals surface area contributed by atoms with E-state index in [1.54, 1.807) is 28.4 Å². The maximum absolute atomic E-state index is 12.5. The Morgan fingerprint density at radius 2 is 1.75 bits per heavy atom. The zero-order chi connectivity index (χ0) is 19.3. The van der Waals surface area contributed by atoms with Gasteiger partial charge in [-0.2, -0.15) is 0 Å². The van der Waals surface area contributed by atoms with Gasteiger partial charge in [0.1, 0.15) is 5.01 Å². The maximum atomic E-state index is 12.5. The molecule has 7 heteroatoms. The van der Waals surface area contributed by atoms with Crippen LogP contribution in [0.1, 0.15) is 22.7 Å². The van der Waals surface area contributed by atoms with Crippen LogP contribution in [0.25, 0.3) is 10.6 Å². The Bertz CT molecular complexity index is 929. The van der Waals surface area contributed by atoms with Crippen LogP contribution in [-0.4, -0.2) is 52.8 Å². The Morgan fingerprint density at radius 1 is 1.00 bits per heavy atom. The number of aryl methyl sites for hydroxylation is 1. The number of carbonyl (C=O) groups excluding carboxylic acids is 2. The van der Waals surface area contributed by atoms with E-state index in [-0.39, 0.29) is 11.8 Å². The second kappa shape index (κ2) is 8.39. The minimum absolute atomic E-state index is 0.111. The van der Waals surface area contributed by atoms with Gasteiger partial charge in [-0.05, 0) is 18.6 Å². The molecule has 1 aliphatic rings. The van der Waals surface area contributed by atoms with E-state index >= 15 is 0 Å². The van der Waals surface area contributed by atoms with Gasteiger partial charge in [-0.3, -0.25) is 9.59 Å². The van der Waals surface area contributed by atoms with Gasteiger partial charge < -0.3 is 14.2 Å². The van der Waals surface area contributed by atoms with Gasteiger partial charge in [0.05, 0.1) is 12.0 Å². The fourth-order valence-corrected chi connectivity index (χ4v) is 4.10. The molecule has 1 aliphatic heterocycles. The number of hydrogen-bond donors (Lipinski definition) is 0. The maximum Gasteiger partial charge on any atom is 0.289 e. The van der Waals surface area contributed by atoms with E-state index in [0.717, 1.165) is 16.3 Å². The van der Waals surface area contributed by atoms with E-state index in [2.05, 4.69) is 4.98 Å². The van der Waals surface area contributed by atoms with E-state index < -0.39 is 0 Å². The Kier molecular flexibility index (Phi) is 5.53. The molecule has 0 atom stereocenters. The van der Waals surface area contributed by atoms with Crippen molar-refractivity contribution in [3.63, 3.8) is 0 Å². The van der Waals surface area contributed by atoms with Gasteiger partial charge in [0.2, 0.25) is 5.91 Å². The van der Waals surface area contributed by atoms with Crippen molar-refractivity contribution < 1.29 is 14.0 Å². The fourth-order valence-electron chi connectivity index (χ4n) is 3.24. The molecule has 1 fully saturated rings. The molecule has 2 amide bonds. The number of hydrogen-bond acceptors (Lipinski definition) is 5. The zero-order valence-corrected chi connectivity index (χ0v) is 16.2. The molecule has 0 bridgehead atoms. The van der Waals surface area contributed by atoms with Crippen LogP contribution in [0.2, 0.25) is 0 Å². The van der Waals surface area contributed by atoms with Gasteiger partial charge in [0.25, 0.3) is 5.91 Å². The van der Waals surface area contributed by atoms with Gasteiger partial charge in [-0.1, -0.05) is 30.3 Å². The summed E-state index contributed by atoms with van der Waals surface area (Å²) in [5.74, 6) is 0.338. The van der Waals surface area contributed by atoms with Crippen LogP contribution in [0, 0.1) is 0 Å². The molecule has 144 valence electrons. The minimum Gasteiger partial charge on any atom is -0.459 e. The smallest absolute Gasteiger partial charge is 0.289 e. The molecule has 1 aromatic carbocycles. The van der Waals surface area contributed by atoms with Crippen molar-refractivity contribution in [3.8, 4) is 10.6 Å². The third-order valence-corrected chi connectivity index (χ3v) is 5.76. The highest BCUT2D eigenvalue weighted by atomic mass is 32.1. The highest BCUT2D eigenvalue weighted by Crippen LogP contribution is 2.24. The highest BCUT2D eigenvalue weighted by molar-refractivity contribution is 7.13. The van der Waals surface area contributed by atoms with Crippen LogP contribution < -0.4 is 0 Å². The summed E-state index contributed by atoms with van der Waals surface area (Å²) in [4.78, 5) is 33.0. The first-order valence-electron chi connectivity index (χ1n) is 9.31. The molecular weight excluding hydrogens is 374 g/mol. The molecule has 0 unspecified atom stereocenters. The van der Waals surface area contributed by atoms with Crippen molar-refractivity contribution in [2.45, 2.75) is 12.8 Å². The molecule has 3 aromatic rings. The standard InChI is InChI=1S/C21H21N3O3S/c25-19(9-8-17-15-28-20(22-17)16-5-2-1-3-6-16)23-10-12-24(13-11-23)21(26)18-7-4-14-27-18/h1-7,14-15H,8-13H2. The number of carbonyl (C=O) groups is 2. The van der Waals surface area contributed by atoms with Gasteiger partial charge in [-0.25, -0.2) is 4.98 Å². The summed E-state index contributed by atoms with van der Waals surface area (Å²) in [6.07, 6.45) is 2.56. The average molecular weight is 395 g/mol. The number of piperazine rings is 1. The number of amides is 2. The van der Waals surface area contributed by atoms with E-state index in [0.29, 0.717) is 44.8 Å². The molecular formula is C21H21N3O3S. The largest absolute Gasteiger partial charge is 0.459 e. The molecule has 2 aromatic heterocycles. The first-order valence-corrected chi connectivity index (χ1v) is 10.2. The summed E-state index contributed by atoms with van der Waals surface area (Å²) in [5.41, 5.74) is 2.05. The lowest BCUT2D eigenvalue weighted by molar-refractivity contribution is -0.132. The quantitative estimate of drug-likeness (QED) is 0.665. The Hall–Kier alpha value is -2.93. The Balaban J connectivity index is 1.26. The van der Waals surface area contributed by atoms with Crippen LogP contribution in [0.5, 0.6) is 0 Å². The van der Waals surface area contributed by atoms with Crippen molar-refractivity contribution in [2.24, 2.45) is 0 Å². The van der Waals surface area contributed by atoms with Crippen molar-refractivity contribution in [3.05, 3.63) is 65.6 Å². The monoisotopic (exact) mass is 395 g/mol. The fraction of sp³-hybridized carbons (Fsp3) is 0.286. The number of aromatic nitrogens is 1. The summed E-state index contributed by atoms with van der Waals surface area (Å²) in [6.45, 7) is 2.16. The Morgan fingerprint density at radius 3 is 2.46 bits per heavy atom. The van der Waals surface area contributed by atoms with Crippen LogP contribution in [0.4, 0.5) is 0 Å². The van der Waals surface area contributed by atoms with E-state index in [9.17, 15) is 9.59 Å². The normalized spacial score (nSPS) is 14.3. The van der Waals surface area contributed by atoms with Crippen molar-refractivity contribution in [2.75, 3.05) is 26.2 Å². The van der Waals surface area contributed by atoms with Crippen molar-refractivity contribution in [1.29, 1.82) is 0 Å². The summed E-state index contributed by atoms with van der Waals surface area (Å²) in [6, 6.07) is 13.4. The van der Waals surface area contributed by atoms with E-state index in [1.807, 2.05) is 40.6 Å². The van der Waals surface area contributed by atoms with Crippen molar-refractivity contribution >= 4 is 23.2 Å². The van der Waals surface area contributed by atoms with Crippen LogP contribution >= 0.6 is 11.3 Å². The molecule has 4 rings (SSSR count). The topological polar surface area (TPSA) is 66.7 Å². The number of furan rings is 1. The van der Waals surface area contributed by atoms with Gasteiger partial charge >= 0.3 is 0 Å². The molecule has 28 heavy (non-hydrogen) atoms. The predicted octanol–water partition coefficient (Wildman–Crippen LogP) is 3.32. The van der Waals surface area contributed by atoms with Crippen LogP contribution in [-0.2, 0) is 11.2 Å². The summed E-state index contributed by atoms with van der Waals surface area (Å²) in [7, 11) is 0. The minimum atomic E-state index is -0.118. The Labute approximate surface area is 167 Å². The first kappa shape index (κ1) is 18.4. The van der Waals surface area contributed by atoms with E-state index in [4.69, 9.17) is 4.42 Å². The number of benzene rings is 1. The van der Waals surface area contributed by atoms with Crippen LogP contribution in [0.15, 0.2) is 58.5 Å². The molecule has 0 N–H and O–H groups in total. The summed E-state index contributed by atoms with van der Waals surface area (Å²) in [5, 5.41) is 3.00. The lowest BCUT2D eigenvalue weighted by Crippen LogP contribution is -2.50. The highest BCUT2D eigenvalue weighted by Gasteiger charge is 2.25. The second-order valence-electron chi connectivity index (χ2n) is 6.66. The number of rotatable bonds is 5. The molecule has 0 aliphatic carbocycles. The van der Waals surface area contributed by atoms with Crippen molar-refractivity contribution in [1.82, 2.24) is 14.8 Å². The lowest BCUT2D eigenvalue weighted by atomic mass is 10.2. The number of nitrogens with zero attached hydrogens (tertiary/aromatic N) is 3. The van der Waals surface area contributed by atoms with Gasteiger partial charge in [-0.15, -0.1) is 11.3 Å². The average Bonchev–Trinajstić information content (AvgIpc) is 3.44. The van der Waals surface area contributed by atoms with Gasteiger partial charge in [0.15, 0.2) is 5.76 Å². The third-order valence-electron chi connectivity index (χ3n) is 4.82. The zero-order valence-electron chi connectivity index (χ0n) is 15.4. The molecule has 0 saturated carbocycles. The first-order chi connectivity index (χ1) is 13.7. The van der Waals surface area contributed by atoms with Gasteiger partial charge in [0, 0.05) is 43.5 Å². The SMILES string of the molecule is O=C(CCc1csc(-c2ccccc2)n1)N1CCN(C(=O)c2ccco2)CC1. The molecule has 1 saturated heterocycles. The summed E-state index contributed by atoms with van der Waals surface area (Å²) < 4.78 is 5.17. The molecule has 0 radical (unpaired) electrons. The molecule has 0 spiro atoms. The van der Waals surface area contributed by atoms with E-state index in [1.165, 1.54) is 6.26 Å². The predicted molar refractivity (Wildman–Crippen MR) is 107 cm³/mol. The molecule has 6 nitrogen and oxygen atoms in total. The lowest BCUT2D eigenvalue weighted by Gasteiger charge is -2.34. The third kappa shape index (κ3) is 4.14. The summed E-state index contributed by atoms with van der Waals surface area (Å²) >= 11 is 1.60. The van der Waals surface area contributed by atoms with Crippen LogP contribution in [0.3, 0.4) is 0 Å². The second-order valence-corrected chi connectivity index (χ2v) is 7.52. The molecule has 3 heterocycles.